The van der Waals surface area contributed by atoms with Gasteiger partial charge >= 0.3 is 5.97 Å². The minimum Gasteiger partial charge on any atom is -0.479 e. The van der Waals surface area contributed by atoms with Gasteiger partial charge in [0.1, 0.15) is 5.82 Å². The summed E-state index contributed by atoms with van der Waals surface area (Å²) in [5.74, 6) is -0.546. The van der Waals surface area contributed by atoms with E-state index in [0.717, 1.165) is 32.4 Å². The third-order valence-electron chi connectivity index (χ3n) is 5.27. The minimum absolute atomic E-state index is 0.187. The first kappa shape index (κ1) is 18.3. The summed E-state index contributed by atoms with van der Waals surface area (Å²) in [4.78, 5) is 13.3. The zero-order valence-electron chi connectivity index (χ0n) is 14.7. The molecule has 2 aliphatic heterocycles. The molecular weight excluding hydrogens is 321 g/mol. The van der Waals surface area contributed by atoms with Crippen molar-refractivity contribution in [3.63, 3.8) is 0 Å². The molecule has 3 fully saturated rings. The van der Waals surface area contributed by atoms with Crippen molar-refractivity contribution < 1.29 is 19.0 Å². The smallest absolute Gasteiger partial charge is 0.332 e. The molecule has 0 spiro atoms. The van der Waals surface area contributed by atoms with E-state index in [0.29, 0.717) is 25.0 Å². The summed E-state index contributed by atoms with van der Waals surface area (Å²) >= 11 is 0. The Morgan fingerprint density at radius 1 is 1.04 bits per heavy atom. The van der Waals surface area contributed by atoms with Crippen LogP contribution in [0.1, 0.15) is 56.4 Å². The number of carboxylic acid groups (broad SMARTS) is 1. The molecule has 2 unspecified atom stereocenters. The van der Waals surface area contributed by atoms with Gasteiger partial charge in [0.15, 0.2) is 6.10 Å². The van der Waals surface area contributed by atoms with Gasteiger partial charge in [-0.3, -0.25) is 4.90 Å². The molecule has 0 amide bonds. The Hall–Kier alpha value is -1.46. The van der Waals surface area contributed by atoms with Gasteiger partial charge < -0.3 is 9.84 Å². The molecule has 0 aromatic heterocycles. The Morgan fingerprint density at radius 2 is 1.68 bits per heavy atom. The van der Waals surface area contributed by atoms with E-state index < -0.39 is 12.1 Å². The fraction of sp³-hybridized carbons (Fsp3) is 0.650. The number of nitrogens with zero attached hydrogens (tertiary/aromatic N) is 1. The number of hydrogen-bond acceptors (Lipinski definition) is 3. The molecule has 4 nitrogen and oxygen atoms in total. The van der Waals surface area contributed by atoms with Gasteiger partial charge in [-0.2, -0.15) is 0 Å². The van der Waals surface area contributed by atoms with Crippen molar-refractivity contribution in [1.82, 2.24) is 4.90 Å². The molecule has 2 saturated heterocycles. The fourth-order valence-electron chi connectivity index (χ4n) is 3.55. The van der Waals surface area contributed by atoms with Crippen LogP contribution in [0, 0.1) is 5.82 Å². The summed E-state index contributed by atoms with van der Waals surface area (Å²) < 4.78 is 18.4. The topological polar surface area (TPSA) is 49.8 Å². The zero-order chi connectivity index (χ0) is 17.6. The molecule has 0 bridgehead atoms. The fourth-order valence-corrected chi connectivity index (χ4v) is 3.55. The monoisotopic (exact) mass is 349 g/mol. The standard InChI is InChI=1S/C17H22FNO3.C3H6/c18-14-3-1-12(2-4-14)13-7-9-19(10-8-13)15-5-6-16(17(20)21)22-11-15;1-2-3-1/h1-4,13,15-16H,5-11H2,(H,20,21);1-3H2. The molecule has 1 aromatic carbocycles. The van der Waals surface area contributed by atoms with Crippen LogP contribution in [0.4, 0.5) is 4.39 Å². The van der Waals surface area contributed by atoms with E-state index in [-0.39, 0.29) is 5.82 Å². The van der Waals surface area contributed by atoms with Crippen molar-refractivity contribution in [3.8, 4) is 0 Å². The lowest BCUT2D eigenvalue weighted by Gasteiger charge is -2.40. The first-order valence-corrected chi connectivity index (χ1v) is 9.47. The molecule has 4 rings (SSSR count). The SMILES string of the molecule is C1CC1.O=C(O)C1CCC(N2CCC(c3ccc(F)cc3)CC2)CO1. The predicted molar refractivity (Wildman–Crippen MR) is 94.2 cm³/mol. The number of likely N-dealkylation sites (tertiary alicyclic amines) is 1. The van der Waals surface area contributed by atoms with Crippen LogP contribution in [-0.2, 0) is 9.53 Å². The van der Waals surface area contributed by atoms with Gasteiger partial charge in [0.05, 0.1) is 6.61 Å². The van der Waals surface area contributed by atoms with E-state index in [1.165, 1.54) is 37.0 Å². The van der Waals surface area contributed by atoms with Crippen molar-refractivity contribution in [2.24, 2.45) is 0 Å². The van der Waals surface area contributed by atoms with E-state index in [2.05, 4.69) is 4.90 Å². The molecule has 2 atom stereocenters. The number of benzene rings is 1. The van der Waals surface area contributed by atoms with Crippen molar-refractivity contribution in [1.29, 1.82) is 0 Å². The number of rotatable bonds is 3. The zero-order valence-corrected chi connectivity index (χ0v) is 14.7. The molecule has 138 valence electrons. The van der Waals surface area contributed by atoms with Gasteiger partial charge in [0.2, 0.25) is 0 Å². The average molecular weight is 349 g/mol. The summed E-state index contributed by atoms with van der Waals surface area (Å²) in [5.41, 5.74) is 1.21. The van der Waals surface area contributed by atoms with E-state index in [1.54, 1.807) is 0 Å². The maximum atomic E-state index is 13.0. The maximum absolute atomic E-state index is 13.0. The lowest BCUT2D eigenvalue weighted by atomic mass is 9.88. The first-order valence-electron chi connectivity index (χ1n) is 9.47. The number of carbonyl (C=O) groups is 1. The highest BCUT2D eigenvalue weighted by Gasteiger charge is 2.32. The number of hydrogen-bond donors (Lipinski definition) is 1. The minimum atomic E-state index is -0.853. The van der Waals surface area contributed by atoms with Crippen LogP contribution in [0.5, 0.6) is 0 Å². The third kappa shape index (κ3) is 5.51. The van der Waals surface area contributed by atoms with Crippen LogP contribution in [0.2, 0.25) is 0 Å². The second-order valence-corrected chi connectivity index (χ2v) is 7.31. The van der Waals surface area contributed by atoms with Crippen LogP contribution in [0.25, 0.3) is 0 Å². The van der Waals surface area contributed by atoms with Crippen molar-refractivity contribution in [2.45, 2.75) is 63.0 Å². The Kier molecular flexibility index (Phi) is 6.43. The van der Waals surface area contributed by atoms with Gasteiger partial charge in [-0.15, -0.1) is 0 Å². The maximum Gasteiger partial charge on any atom is 0.332 e. The van der Waals surface area contributed by atoms with Crippen molar-refractivity contribution in [2.75, 3.05) is 19.7 Å². The highest BCUT2D eigenvalue weighted by molar-refractivity contribution is 5.72. The van der Waals surface area contributed by atoms with Crippen LogP contribution >= 0.6 is 0 Å². The summed E-state index contributed by atoms with van der Waals surface area (Å²) in [6.45, 7) is 2.50. The van der Waals surface area contributed by atoms with E-state index >= 15 is 0 Å². The lowest BCUT2D eigenvalue weighted by molar-refractivity contribution is -0.156. The molecule has 25 heavy (non-hydrogen) atoms. The van der Waals surface area contributed by atoms with Crippen molar-refractivity contribution in [3.05, 3.63) is 35.6 Å². The molecule has 1 N–H and O–H groups in total. The predicted octanol–water partition coefficient (Wildman–Crippen LogP) is 3.81. The second kappa shape index (κ2) is 8.77. The molecule has 5 heteroatoms. The number of halogens is 1. The number of carboxylic acids is 1. The Bertz CT molecular complexity index is 542. The summed E-state index contributed by atoms with van der Waals surface area (Å²) in [5, 5.41) is 8.95. The largest absolute Gasteiger partial charge is 0.479 e. The highest BCUT2D eigenvalue weighted by atomic mass is 19.1. The molecule has 1 aromatic rings. The summed E-state index contributed by atoms with van der Waals surface area (Å²) in [6.07, 6.45) is 7.47. The van der Waals surface area contributed by atoms with Gasteiger partial charge in [0, 0.05) is 6.04 Å². The van der Waals surface area contributed by atoms with Gasteiger partial charge in [0.25, 0.3) is 0 Å². The molecule has 1 saturated carbocycles. The Balaban J connectivity index is 0.000000549. The molecule has 2 heterocycles. The first-order chi connectivity index (χ1) is 12.1. The van der Waals surface area contributed by atoms with Gasteiger partial charge in [-0.1, -0.05) is 31.4 Å². The highest BCUT2D eigenvalue weighted by Crippen LogP contribution is 2.30. The van der Waals surface area contributed by atoms with Gasteiger partial charge in [-0.05, 0) is 62.4 Å². The van der Waals surface area contributed by atoms with Crippen LogP contribution in [-0.4, -0.2) is 47.8 Å². The van der Waals surface area contributed by atoms with E-state index in [4.69, 9.17) is 9.84 Å². The summed E-state index contributed by atoms with van der Waals surface area (Å²) in [6, 6.07) is 7.17. The van der Waals surface area contributed by atoms with Crippen LogP contribution < -0.4 is 0 Å². The van der Waals surface area contributed by atoms with Crippen molar-refractivity contribution >= 4 is 5.97 Å². The van der Waals surface area contributed by atoms with Crippen LogP contribution in [0.15, 0.2) is 24.3 Å². The summed E-state index contributed by atoms with van der Waals surface area (Å²) in [7, 11) is 0. The molecule has 3 aliphatic rings. The van der Waals surface area contributed by atoms with Crippen LogP contribution in [0.3, 0.4) is 0 Å². The number of ether oxygens (including phenoxy) is 1. The Morgan fingerprint density at radius 3 is 2.16 bits per heavy atom. The lowest BCUT2D eigenvalue weighted by Crippen LogP contribution is -2.47. The van der Waals surface area contributed by atoms with E-state index in [1.807, 2.05) is 12.1 Å². The van der Waals surface area contributed by atoms with Gasteiger partial charge in [-0.25, -0.2) is 9.18 Å². The second-order valence-electron chi connectivity index (χ2n) is 7.31. The number of piperidine rings is 1. The molecule has 1 aliphatic carbocycles. The quantitative estimate of drug-likeness (QED) is 0.902. The molecular formula is C20H28FNO3. The number of aliphatic carboxylic acids is 1. The normalized spacial score (nSPS) is 27.2. The molecule has 0 radical (unpaired) electrons. The third-order valence-corrected chi connectivity index (χ3v) is 5.27. The average Bonchev–Trinajstić information content (AvgIpc) is 3.52. The van der Waals surface area contributed by atoms with E-state index in [9.17, 15) is 9.18 Å². The Labute approximate surface area is 149 Å².